The highest BCUT2D eigenvalue weighted by Gasteiger charge is 2.15. The van der Waals surface area contributed by atoms with Crippen LogP contribution in [-0.4, -0.2) is 25.9 Å². The minimum Gasteiger partial charge on any atom is -0.348 e. The minimum absolute atomic E-state index is 0.289. The highest BCUT2D eigenvalue weighted by molar-refractivity contribution is 7.98. The first-order valence-electron chi connectivity index (χ1n) is 5.92. The fourth-order valence-corrected chi connectivity index (χ4v) is 2.24. The van der Waals surface area contributed by atoms with E-state index in [1.165, 1.54) is 0 Å². The summed E-state index contributed by atoms with van der Waals surface area (Å²) < 4.78 is 5.17. The fourth-order valence-electron chi connectivity index (χ4n) is 1.51. The van der Waals surface area contributed by atoms with Crippen molar-refractivity contribution >= 4 is 11.8 Å². The lowest BCUT2D eigenvalue weighted by Crippen LogP contribution is -2.14. The molecule has 0 aliphatic carbocycles. The van der Waals surface area contributed by atoms with Gasteiger partial charge in [0.05, 0.1) is 18.1 Å². The first-order valence-corrected chi connectivity index (χ1v) is 7.08. The Morgan fingerprint density at radius 1 is 1.56 bits per heavy atom. The molecule has 7 heteroatoms. The van der Waals surface area contributed by atoms with Crippen molar-refractivity contribution in [2.75, 3.05) is 5.75 Å². The minimum atomic E-state index is -0.289. The topological polar surface area (TPSA) is 93.6 Å². The number of nitrogens with zero attached hydrogens (tertiary/aromatic N) is 3. The van der Waals surface area contributed by atoms with Gasteiger partial charge in [-0.1, -0.05) is 12.1 Å². The summed E-state index contributed by atoms with van der Waals surface area (Å²) in [6.45, 7) is 2.15. The van der Waals surface area contributed by atoms with Crippen molar-refractivity contribution < 1.29 is 4.52 Å². The number of H-pyrrole nitrogens is 1. The third kappa shape index (κ3) is 3.58. The molecular formula is C11H17N5OS. The second-order valence-corrected chi connectivity index (χ2v) is 5.09. The van der Waals surface area contributed by atoms with Crippen LogP contribution in [-0.2, 0) is 12.2 Å². The van der Waals surface area contributed by atoms with Crippen molar-refractivity contribution in [3.63, 3.8) is 0 Å². The van der Waals surface area contributed by atoms with Gasteiger partial charge >= 0.3 is 0 Å². The number of nitrogens with one attached hydrogen (secondary N) is 1. The third-order valence-corrected chi connectivity index (χ3v) is 3.53. The molecule has 0 unspecified atom stereocenters. The highest BCUT2D eigenvalue weighted by atomic mass is 32.2. The predicted octanol–water partition coefficient (Wildman–Crippen LogP) is 1.68. The second kappa shape index (κ2) is 6.55. The molecule has 0 aliphatic rings. The average Bonchev–Trinajstić information content (AvgIpc) is 3.00. The summed E-state index contributed by atoms with van der Waals surface area (Å²) >= 11 is 1.79. The molecule has 2 aromatic heterocycles. The third-order valence-electron chi connectivity index (χ3n) is 2.38. The standard InChI is InChI=1S/C11H17N5OS/c1-2-3-18-6-10-15-11(17-16-10)9(12)4-8-5-13-7-14-8/h5,7,9H,2-4,6,12H2,1H3,(H,13,14)/t9-/m0/s1. The summed E-state index contributed by atoms with van der Waals surface area (Å²) in [5.74, 6) is 3.07. The van der Waals surface area contributed by atoms with Gasteiger partial charge in [-0.2, -0.15) is 16.7 Å². The highest BCUT2D eigenvalue weighted by Crippen LogP contribution is 2.15. The molecule has 1 atom stereocenters. The van der Waals surface area contributed by atoms with Crippen molar-refractivity contribution in [1.29, 1.82) is 0 Å². The van der Waals surface area contributed by atoms with E-state index in [1.807, 2.05) is 0 Å². The predicted molar refractivity (Wildman–Crippen MR) is 70.0 cm³/mol. The van der Waals surface area contributed by atoms with Crippen molar-refractivity contribution in [3.8, 4) is 0 Å². The Morgan fingerprint density at radius 3 is 3.17 bits per heavy atom. The molecule has 2 aromatic rings. The number of nitrogens with two attached hydrogens (primary N) is 1. The van der Waals surface area contributed by atoms with E-state index >= 15 is 0 Å². The quantitative estimate of drug-likeness (QED) is 0.741. The maximum Gasteiger partial charge on any atom is 0.243 e. The monoisotopic (exact) mass is 267 g/mol. The molecule has 2 heterocycles. The Bertz CT molecular complexity index is 456. The summed E-state index contributed by atoms with van der Waals surface area (Å²) in [5.41, 5.74) is 6.96. The van der Waals surface area contributed by atoms with Crippen LogP contribution in [0.3, 0.4) is 0 Å². The Kier molecular flexibility index (Phi) is 4.77. The van der Waals surface area contributed by atoms with Crippen LogP contribution in [0.5, 0.6) is 0 Å². The molecule has 0 spiro atoms. The lowest BCUT2D eigenvalue weighted by atomic mass is 10.2. The smallest absolute Gasteiger partial charge is 0.243 e. The zero-order valence-electron chi connectivity index (χ0n) is 10.3. The first-order chi connectivity index (χ1) is 8.79. The largest absolute Gasteiger partial charge is 0.348 e. The van der Waals surface area contributed by atoms with Crippen molar-refractivity contribution in [2.24, 2.45) is 5.73 Å². The maximum absolute atomic E-state index is 6.00. The number of aromatic amines is 1. The van der Waals surface area contributed by atoms with Crippen molar-refractivity contribution in [1.82, 2.24) is 20.1 Å². The summed E-state index contributed by atoms with van der Waals surface area (Å²) in [4.78, 5) is 11.2. The zero-order valence-corrected chi connectivity index (χ0v) is 11.1. The van der Waals surface area contributed by atoms with E-state index in [1.54, 1.807) is 24.3 Å². The van der Waals surface area contributed by atoms with E-state index in [2.05, 4.69) is 27.0 Å². The number of hydrogen-bond donors (Lipinski definition) is 2. The molecule has 0 bridgehead atoms. The molecule has 0 aliphatic heterocycles. The van der Waals surface area contributed by atoms with Crippen LogP contribution in [0.2, 0.25) is 0 Å². The van der Waals surface area contributed by atoms with Gasteiger partial charge in [0.2, 0.25) is 5.89 Å². The normalized spacial score (nSPS) is 12.8. The van der Waals surface area contributed by atoms with Crippen LogP contribution < -0.4 is 5.73 Å². The lowest BCUT2D eigenvalue weighted by Gasteiger charge is -2.03. The van der Waals surface area contributed by atoms with Crippen molar-refractivity contribution in [2.45, 2.75) is 31.6 Å². The van der Waals surface area contributed by atoms with E-state index in [-0.39, 0.29) is 6.04 Å². The Labute approximate surface area is 110 Å². The van der Waals surface area contributed by atoms with E-state index in [0.29, 0.717) is 18.1 Å². The first kappa shape index (κ1) is 13.1. The van der Waals surface area contributed by atoms with Gasteiger partial charge in [-0.25, -0.2) is 4.98 Å². The zero-order chi connectivity index (χ0) is 12.8. The SMILES string of the molecule is CCCSCc1noc([C@@H](N)Cc2cnc[nH]2)n1. The summed E-state index contributed by atoms with van der Waals surface area (Å²) in [5, 5.41) is 3.93. The van der Waals surface area contributed by atoms with Crippen LogP contribution >= 0.6 is 11.8 Å². The molecular weight excluding hydrogens is 250 g/mol. The molecule has 3 N–H and O–H groups in total. The van der Waals surface area contributed by atoms with Gasteiger partial charge < -0.3 is 15.2 Å². The molecule has 2 rings (SSSR count). The van der Waals surface area contributed by atoms with Gasteiger partial charge in [-0.15, -0.1) is 0 Å². The molecule has 0 amide bonds. The average molecular weight is 267 g/mol. The van der Waals surface area contributed by atoms with Crippen LogP contribution in [0, 0.1) is 0 Å². The molecule has 0 fully saturated rings. The second-order valence-electron chi connectivity index (χ2n) is 3.99. The van der Waals surface area contributed by atoms with Crippen LogP contribution in [0.15, 0.2) is 17.0 Å². The van der Waals surface area contributed by atoms with Gasteiger partial charge in [0.25, 0.3) is 0 Å². The molecule has 0 radical (unpaired) electrons. The van der Waals surface area contributed by atoms with E-state index in [0.717, 1.165) is 23.6 Å². The van der Waals surface area contributed by atoms with Crippen LogP contribution in [0.25, 0.3) is 0 Å². The Morgan fingerprint density at radius 2 is 2.44 bits per heavy atom. The number of hydrogen-bond acceptors (Lipinski definition) is 6. The summed E-state index contributed by atoms with van der Waals surface area (Å²) in [6.07, 6.45) is 5.13. The number of aromatic nitrogens is 4. The Balaban J connectivity index is 1.88. The van der Waals surface area contributed by atoms with Gasteiger partial charge in [-0.3, -0.25) is 0 Å². The van der Waals surface area contributed by atoms with Crippen molar-refractivity contribution in [3.05, 3.63) is 29.9 Å². The van der Waals surface area contributed by atoms with Gasteiger partial charge in [0.15, 0.2) is 5.82 Å². The van der Waals surface area contributed by atoms with Crippen LogP contribution in [0.1, 0.15) is 36.8 Å². The van der Waals surface area contributed by atoms with E-state index in [4.69, 9.17) is 10.3 Å². The van der Waals surface area contributed by atoms with Crippen LogP contribution in [0.4, 0.5) is 0 Å². The molecule has 0 saturated carbocycles. The maximum atomic E-state index is 6.00. The fraction of sp³-hybridized carbons (Fsp3) is 0.545. The van der Waals surface area contributed by atoms with Gasteiger partial charge in [-0.05, 0) is 12.2 Å². The summed E-state index contributed by atoms with van der Waals surface area (Å²) in [6, 6.07) is -0.289. The number of imidazole rings is 1. The number of rotatable bonds is 7. The summed E-state index contributed by atoms with van der Waals surface area (Å²) in [7, 11) is 0. The Hall–Kier alpha value is -1.34. The van der Waals surface area contributed by atoms with Gasteiger partial charge in [0, 0.05) is 18.3 Å². The van der Waals surface area contributed by atoms with E-state index in [9.17, 15) is 0 Å². The molecule has 0 saturated heterocycles. The molecule has 18 heavy (non-hydrogen) atoms. The van der Waals surface area contributed by atoms with Gasteiger partial charge in [0.1, 0.15) is 0 Å². The molecule has 0 aromatic carbocycles. The lowest BCUT2D eigenvalue weighted by molar-refractivity contribution is 0.350. The van der Waals surface area contributed by atoms with E-state index < -0.39 is 0 Å². The number of thioether (sulfide) groups is 1. The molecule has 98 valence electrons. The molecule has 6 nitrogen and oxygen atoms in total.